The van der Waals surface area contributed by atoms with Gasteiger partial charge in [-0.1, -0.05) is 60.3 Å². The topological polar surface area (TPSA) is 80.6 Å². The maximum absolute atomic E-state index is 12.7. The van der Waals surface area contributed by atoms with E-state index in [9.17, 15) is 9.59 Å². The minimum Gasteiger partial charge on any atom is -0.450 e. The average Bonchev–Trinajstić information content (AvgIpc) is 3.30. The first-order valence-electron chi connectivity index (χ1n) is 12.0. The number of carbonyl (C=O) groups excluding carboxylic acids is 2. The maximum atomic E-state index is 12.7. The van der Waals surface area contributed by atoms with Gasteiger partial charge < -0.3 is 14.5 Å². The number of hydrogen-bond acceptors (Lipinski definition) is 6. The SMILES string of the molecule is CCOC(=O)N1CCN(C(=O)CCCSc2nnc(Cc3ccccc3)n2-c2ccccc2)CC1. The number of thioether (sulfide) groups is 1. The van der Waals surface area contributed by atoms with Crippen molar-refractivity contribution in [2.45, 2.75) is 31.3 Å². The molecule has 1 saturated heterocycles. The molecular weight excluding hydrogens is 462 g/mol. The van der Waals surface area contributed by atoms with Gasteiger partial charge in [0, 0.05) is 50.5 Å². The highest BCUT2D eigenvalue weighted by atomic mass is 32.2. The van der Waals surface area contributed by atoms with Crippen LogP contribution >= 0.6 is 11.8 Å². The van der Waals surface area contributed by atoms with E-state index < -0.39 is 0 Å². The Labute approximate surface area is 210 Å². The third-order valence-electron chi connectivity index (χ3n) is 5.84. The Morgan fingerprint density at radius 2 is 1.57 bits per heavy atom. The molecule has 184 valence electrons. The zero-order valence-electron chi connectivity index (χ0n) is 20.0. The molecule has 2 amide bonds. The van der Waals surface area contributed by atoms with Crippen molar-refractivity contribution >= 4 is 23.8 Å². The van der Waals surface area contributed by atoms with Crippen molar-refractivity contribution in [3.8, 4) is 5.69 Å². The van der Waals surface area contributed by atoms with Gasteiger partial charge in [-0.05, 0) is 31.0 Å². The molecule has 0 saturated carbocycles. The Hall–Kier alpha value is -3.33. The third-order valence-corrected chi connectivity index (χ3v) is 6.86. The van der Waals surface area contributed by atoms with Crippen LogP contribution in [0.15, 0.2) is 65.8 Å². The highest BCUT2D eigenvalue weighted by Gasteiger charge is 2.24. The molecule has 0 atom stereocenters. The van der Waals surface area contributed by atoms with Crippen molar-refractivity contribution in [3.05, 3.63) is 72.1 Å². The Morgan fingerprint density at radius 3 is 2.26 bits per heavy atom. The molecule has 1 aliphatic heterocycles. The zero-order chi connectivity index (χ0) is 24.5. The Balaban J connectivity index is 1.31. The number of carbonyl (C=O) groups is 2. The minimum atomic E-state index is -0.301. The number of nitrogens with zero attached hydrogens (tertiary/aromatic N) is 5. The number of piperazine rings is 1. The van der Waals surface area contributed by atoms with Crippen LogP contribution in [0.4, 0.5) is 4.79 Å². The van der Waals surface area contributed by atoms with E-state index in [1.54, 1.807) is 23.6 Å². The fourth-order valence-electron chi connectivity index (χ4n) is 4.02. The van der Waals surface area contributed by atoms with Gasteiger partial charge in [-0.3, -0.25) is 9.36 Å². The first-order valence-corrected chi connectivity index (χ1v) is 13.0. The molecule has 1 aromatic heterocycles. The Bertz CT molecular complexity index is 1100. The van der Waals surface area contributed by atoms with E-state index in [0.717, 1.165) is 28.8 Å². The van der Waals surface area contributed by atoms with E-state index >= 15 is 0 Å². The molecule has 0 spiro atoms. The van der Waals surface area contributed by atoms with Gasteiger partial charge in [0.25, 0.3) is 0 Å². The van der Waals surface area contributed by atoms with Crippen LogP contribution in [-0.2, 0) is 16.0 Å². The normalized spacial score (nSPS) is 13.6. The number of ether oxygens (including phenoxy) is 1. The molecule has 3 aromatic rings. The second-order valence-corrected chi connectivity index (χ2v) is 9.31. The molecule has 2 aromatic carbocycles. The van der Waals surface area contributed by atoms with E-state index in [1.165, 1.54) is 5.56 Å². The molecule has 9 heteroatoms. The summed E-state index contributed by atoms with van der Waals surface area (Å²) in [4.78, 5) is 28.0. The summed E-state index contributed by atoms with van der Waals surface area (Å²) >= 11 is 1.62. The van der Waals surface area contributed by atoms with Crippen LogP contribution in [0.1, 0.15) is 31.2 Å². The molecule has 4 rings (SSSR count). The molecule has 35 heavy (non-hydrogen) atoms. The van der Waals surface area contributed by atoms with Gasteiger partial charge in [-0.25, -0.2) is 4.79 Å². The fourth-order valence-corrected chi connectivity index (χ4v) is 4.93. The van der Waals surface area contributed by atoms with Gasteiger partial charge in [0.15, 0.2) is 5.16 Å². The summed E-state index contributed by atoms with van der Waals surface area (Å²) in [5.74, 6) is 1.79. The number of amides is 2. The lowest BCUT2D eigenvalue weighted by atomic mass is 10.1. The summed E-state index contributed by atoms with van der Waals surface area (Å²) in [7, 11) is 0. The van der Waals surface area contributed by atoms with Crippen LogP contribution in [-0.4, -0.2) is 75.1 Å². The van der Waals surface area contributed by atoms with Gasteiger partial charge in [0.1, 0.15) is 5.82 Å². The van der Waals surface area contributed by atoms with Crippen LogP contribution in [0.5, 0.6) is 0 Å². The lowest BCUT2D eigenvalue weighted by Crippen LogP contribution is -2.50. The highest BCUT2D eigenvalue weighted by Crippen LogP contribution is 2.24. The van der Waals surface area contributed by atoms with Crippen LogP contribution in [0.25, 0.3) is 5.69 Å². The molecule has 1 fully saturated rings. The molecule has 0 radical (unpaired) electrons. The van der Waals surface area contributed by atoms with E-state index in [-0.39, 0.29) is 12.0 Å². The van der Waals surface area contributed by atoms with Gasteiger partial charge in [0.05, 0.1) is 6.61 Å². The summed E-state index contributed by atoms with van der Waals surface area (Å²) in [6, 6.07) is 20.4. The van der Waals surface area contributed by atoms with Gasteiger partial charge in [0.2, 0.25) is 5.91 Å². The van der Waals surface area contributed by atoms with Gasteiger partial charge in [-0.2, -0.15) is 0 Å². The number of aromatic nitrogens is 3. The monoisotopic (exact) mass is 493 g/mol. The predicted octanol–water partition coefficient (Wildman–Crippen LogP) is 4.03. The summed E-state index contributed by atoms with van der Waals surface area (Å²) in [6.07, 6.45) is 1.62. The van der Waals surface area contributed by atoms with Crippen molar-refractivity contribution in [2.75, 3.05) is 38.5 Å². The Kier molecular flexibility index (Phi) is 8.78. The largest absolute Gasteiger partial charge is 0.450 e. The molecule has 0 aliphatic carbocycles. The maximum Gasteiger partial charge on any atom is 0.409 e. The quantitative estimate of drug-likeness (QED) is 0.331. The highest BCUT2D eigenvalue weighted by molar-refractivity contribution is 7.99. The van der Waals surface area contributed by atoms with E-state index in [2.05, 4.69) is 39.0 Å². The summed E-state index contributed by atoms with van der Waals surface area (Å²) < 4.78 is 7.15. The Morgan fingerprint density at radius 1 is 0.914 bits per heavy atom. The average molecular weight is 494 g/mol. The second kappa shape index (κ2) is 12.4. The third kappa shape index (κ3) is 6.63. The molecule has 2 heterocycles. The molecule has 8 nitrogen and oxygen atoms in total. The van der Waals surface area contributed by atoms with Crippen molar-refractivity contribution in [3.63, 3.8) is 0 Å². The summed E-state index contributed by atoms with van der Waals surface area (Å²) in [5.41, 5.74) is 2.21. The van der Waals surface area contributed by atoms with Gasteiger partial charge in [-0.15, -0.1) is 10.2 Å². The van der Waals surface area contributed by atoms with E-state index in [0.29, 0.717) is 45.6 Å². The van der Waals surface area contributed by atoms with Crippen molar-refractivity contribution in [1.29, 1.82) is 0 Å². The zero-order valence-corrected chi connectivity index (χ0v) is 20.8. The van der Waals surface area contributed by atoms with E-state index in [4.69, 9.17) is 4.74 Å². The first-order chi connectivity index (χ1) is 17.2. The number of hydrogen-bond donors (Lipinski definition) is 0. The summed E-state index contributed by atoms with van der Waals surface area (Å²) in [5, 5.41) is 9.78. The van der Waals surface area contributed by atoms with E-state index in [1.807, 2.05) is 41.3 Å². The van der Waals surface area contributed by atoms with Crippen molar-refractivity contribution < 1.29 is 14.3 Å². The fraction of sp³-hybridized carbons (Fsp3) is 0.385. The van der Waals surface area contributed by atoms with Gasteiger partial charge >= 0.3 is 6.09 Å². The number of para-hydroxylation sites is 1. The smallest absolute Gasteiger partial charge is 0.409 e. The lowest BCUT2D eigenvalue weighted by Gasteiger charge is -2.34. The lowest BCUT2D eigenvalue weighted by molar-refractivity contribution is -0.132. The molecule has 0 unspecified atom stereocenters. The van der Waals surface area contributed by atoms with Crippen LogP contribution in [0, 0.1) is 0 Å². The molecule has 1 aliphatic rings. The molecular formula is C26H31N5O3S. The minimum absolute atomic E-state index is 0.128. The predicted molar refractivity (Wildman–Crippen MR) is 136 cm³/mol. The van der Waals surface area contributed by atoms with Crippen molar-refractivity contribution in [2.24, 2.45) is 0 Å². The van der Waals surface area contributed by atoms with Crippen molar-refractivity contribution in [1.82, 2.24) is 24.6 Å². The number of benzene rings is 2. The molecule has 0 N–H and O–H groups in total. The molecule has 0 bridgehead atoms. The standard InChI is InChI=1S/C26H31N5O3S/c1-2-34-26(33)30-17-15-29(16-18-30)24(32)14-9-19-35-25-28-27-23(20-21-10-5-3-6-11-21)31(25)22-12-7-4-8-13-22/h3-8,10-13H,2,9,14-20H2,1H3. The van der Waals surface area contributed by atoms with Crippen LogP contribution in [0.3, 0.4) is 0 Å². The van der Waals surface area contributed by atoms with Crippen LogP contribution in [0.2, 0.25) is 0 Å². The van der Waals surface area contributed by atoms with Crippen LogP contribution < -0.4 is 0 Å². The second-order valence-electron chi connectivity index (χ2n) is 8.25. The number of rotatable bonds is 9. The summed E-state index contributed by atoms with van der Waals surface area (Å²) in [6.45, 7) is 4.29. The first kappa shape index (κ1) is 24.8.